The fraction of sp³-hybridized carbons (Fsp3) is 1.00. The lowest BCUT2D eigenvalue weighted by atomic mass is 9.92. The van der Waals surface area contributed by atoms with E-state index in [4.69, 9.17) is 0 Å². The Balaban J connectivity index is 4.98. The summed E-state index contributed by atoms with van der Waals surface area (Å²) < 4.78 is 129. The van der Waals surface area contributed by atoms with Gasteiger partial charge in [-0.3, -0.25) is 0 Å². The maximum absolute atomic E-state index is 13.7. The summed E-state index contributed by atoms with van der Waals surface area (Å²) in [7, 11) is 0. The minimum absolute atomic E-state index is 0.0778. The van der Waals surface area contributed by atoms with E-state index in [-0.39, 0.29) is 24.3 Å². The Kier molecular flexibility index (Phi) is 12.3. The van der Waals surface area contributed by atoms with Crippen molar-refractivity contribution in [1.82, 2.24) is 0 Å². The highest BCUT2D eigenvalue weighted by Gasteiger charge is 2.64. The fourth-order valence-electron chi connectivity index (χ4n) is 2.69. The first-order valence-corrected chi connectivity index (χ1v) is 12.3. The second-order valence-corrected chi connectivity index (χ2v) is 10.9. The second kappa shape index (κ2) is 11.8. The van der Waals surface area contributed by atoms with Crippen LogP contribution < -0.4 is 0 Å². The van der Waals surface area contributed by atoms with Gasteiger partial charge in [0, 0.05) is 19.7 Å². The first-order chi connectivity index (χ1) is 12.9. The molecule has 0 saturated heterocycles. The summed E-state index contributed by atoms with van der Waals surface area (Å²) in [6, 6.07) is 0. The van der Waals surface area contributed by atoms with Crippen LogP contribution in [0.4, 0.5) is 43.9 Å². The Hall–Kier alpha value is 1.11. The van der Waals surface area contributed by atoms with Crippen LogP contribution in [0.1, 0.15) is 39.5 Å². The Morgan fingerprint density at radius 1 is 0.621 bits per heavy atom. The lowest BCUT2D eigenvalue weighted by Crippen LogP contribution is -2.47. The molecule has 4 unspecified atom stereocenters. The summed E-state index contributed by atoms with van der Waals surface area (Å²) in [6.45, 7) is 2.94. The molecule has 0 aromatic rings. The predicted octanol–water partition coefficient (Wildman–Crippen LogP) is 8.55. The van der Waals surface area contributed by atoms with Crippen LogP contribution in [0.3, 0.4) is 0 Å². The number of alkyl halides is 12. The molecule has 29 heavy (non-hydrogen) atoms. The molecule has 0 amide bonds. The van der Waals surface area contributed by atoms with E-state index in [9.17, 15) is 43.9 Å². The molecule has 0 saturated carbocycles. The van der Waals surface area contributed by atoms with Crippen LogP contribution in [0.5, 0.6) is 0 Å². The first-order valence-electron chi connectivity index (χ1n) is 8.69. The highest BCUT2D eigenvalue weighted by molar-refractivity contribution is 14.1. The molecule has 4 atom stereocenters. The molecular weight excluding hydrogens is 668 g/mol. The van der Waals surface area contributed by atoms with Crippen LogP contribution in [-0.2, 0) is 0 Å². The van der Waals surface area contributed by atoms with Crippen LogP contribution in [0.25, 0.3) is 0 Å². The minimum Gasteiger partial charge on any atom is -0.196 e. The van der Waals surface area contributed by atoms with E-state index in [0.29, 0.717) is 0 Å². The van der Waals surface area contributed by atoms with Crippen molar-refractivity contribution in [1.29, 1.82) is 0 Å². The van der Waals surface area contributed by atoms with Crippen LogP contribution in [0, 0.1) is 11.8 Å². The van der Waals surface area contributed by atoms with E-state index in [1.165, 1.54) is 59.0 Å². The van der Waals surface area contributed by atoms with Crippen molar-refractivity contribution < 1.29 is 43.9 Å². The van der Waals surface area contributed by atoms with E-state index in [0.717, 1.165) is 11.8 Å². The van der Waals surface area contributed by atoms with Crippen LogP contribution in [0.15, 0.2) is 0 Å². The van der Waals surface area contributed by atoms with Crippen molar-refractivity contribution in [3.8, 4) is 0 Å². The van der Waals surface area contributed by atoms with Crippen LogP contribution in [0.2, 0.25) is 0 Å². The normalized spacial score (nSPS) is 18.4. The summed E-state index contributed by atoms with van der Waals surface area (Å²) in [4.78, 5) is 0. The molecule has 0 aliphatic carbocycles. The molecule has 0 aliphatic heterocycles. The zero-order valence-electron chi connectivity index (χ0n) is 15.5. The summed E-state index contributed by atoms with van der Waals surface area (Å²) in [5.41, 5.74) is 0. The van der Waals surface area contributed by atoms with E-state index in [2.05, 4.69) is 0 Å². The SMILES string of the molecule is CCC(I)C(CCSCCC(C(I)CC)C(F)(F)C(F)(F)F)C(F)(F)C(F)(F)F. The number of thioether (sulfide) groups is 1. The standard InChI is InChI=1S/C16H22F10I2S/c1-3-11(27)9(13(17,18)15(21,22)23)5-7-29-8-6-10(12(28)4-2)14(19,20)16(24,25)26/h9-12H,3-8H2,1-2H3. The maximum Gasteiger partial charge on any atom is 0.453 e. The molecule has 0 radical (unpaired) electrons. The van der Waals surface area contributed by atoms with E-state index in [1.54, 1.807) is 0 Å². The molecule has 0 N–H and O–H groups in total. The van der Waals surface area contributed by atoms with Gasteiger partial charge in [-0.2, -0.15) is 55.7 Å². The first kappa shape index (κ1) is 30.1. The van der Waals surface area contributed by atoms with E-state index in [1.807, 2.05) is 0 Å². The zero-order valence-corrected chi connectivity index (χ0v) is 20.6. The molecule has 0 spiro atoms. The Labute approximate surface area is 195 Å². The van der Waals surface area contributed by atoms with E-state index < -0.39 is 56.7 Å². The Morgan fingerprint density at radius 3 is 1.10 bits per heavy atom. The molecule has 0 rings (SSSR count). The van der Waals surface area contributed by atoms with Crippen LogP contribution in [-0.4, -0.2) is 43.6 Å². The summed E-state index contributed by atoms with van der Waals surface area (Å²) in [6.07, 6.45) is -12.3. The summed E-state index contributed by atoms with van der Waals surface area (Å²) in [5.74, 6) is -14.2. The molecule has 0 nitrogen and oxygen atoms in total. The number of rotatable bonds is 12. The highest BCUT2D eigenvalue weighted by Crippen LogP contribution is 2.48. The third-order valence-electron chi connectivity index (χ3n) is 4.49. The monoisotopic (exact) mass is 690 g/mol. The van der Waals surface area contributed by atoms with Gasteiger partial charge in [0.2, 0.25) is 0 Å². The van der Waals surface area contributed by atoms with Crippen molar-refractivity contribution in [3.63, 3.8) is 0 Å². The van der Waals surface area contributed by atoms with Gasteiger partial charge < -0.3 is 0 Å². The molecule has 0 aromatic carbocycles. The molecule has 0 bridgehead atoms. The molecular formula is C16H22F10I2S. The minimum atomic E-state index is -5.71. The third-order valence-corrected chi connectivity index (χ3v) is 9.03. The lowest BCUT2D eigenvalue weighted by Gasteiger charge is -2.32. The Morgan fingerprint density at radius 2 is 0.897 bits per heavy atom. The van der Waals surface area contributed by atoms with Gasteiger partial charge >= 0.3 is 24.2 Å². The molecule has 13 heteroatoms. The summed E-state index contributed by atoms with van der Waals surface area (Å²) >= 11 is 3.86. The van der Waals surface area contributed by atoms with Crippen molar-refractivity contribution in [2.45, 2.75) is 71.6 Å². The lowest BCUT2D eigenvalue weighted by molar-refractivity contribution is -0.302. The largest absolute Gasteiger partial charge is 0.453 e. The van der Waals surface area contributed by atoms with Crippen molar-refractivity contribution in [2.75, 3.05) is 11.5 Å². The third kappa shape index (κ3) is 8.19. The molecule has 0 aliphatic rings. The van der Waals surface area contributed by atoms with Gasteiger partial charge in [0.15, 0.2) is 0 Å². The van der Waals surface area contributed by atoms with Gasteiger partial charge in [0.1, 0.15) is 0 Å². The van der Waals surface area contributed by atoms with Crippen LogP contribution >= 0.6 is 56.9 Å². The smallest absolute Gasteiger partial charge is 0.196 e. The number of hydrogen-bond acceptors (Lipinski definition) is 1. The average Bonchev–Trinajstić information content (AvgIpc) is 2.57. The quantitative estimate of drug-likeness (QED) is 0.0857. The van der Waals surface area contributed by atoms with Crippen molar-refractivity contribution in [3.05, 3.63) is 0 Å². The molecule has 176 valence electrons. The van der Waals surface area contributed by atoms with E-state index >= 15 is 0 Å². The average molecular weight is 690 g/mol. The number of halogens is 12. The predicted molar refractivity (Wildman–Crippen MR) is 112 cm³/mol. The molecule has 0 fully saturated rings. The molecule has 0 heterocycles. The second-order valence-electron chi connectivity index (χ2n) is 6.49. The molecule has 0 aromatic heterocycles. The summed E-state index contributed by atoms with van der Waals surface area (Å²) in [5, 5.41) is 0. The topological polar surface area (TPSA) is 0 Å². The van der Waals surface area contributed by atoms with Gasteiger partial charge in [-0.15, -0.1) is 0 Å². The van der Waals surface area contributed by atoms with Gasteiger partial charge in [0.25, 0.3) is 0 Å². The van der Waals surface area contributed by atoms with Gasteiger partial charge in [0.05, 0.1) is 0 Å². The maximum atomic E-state index is 13.7. The number of hydrogen-bond donors (Lipinski definition) is 0. The van der Waals surface area contributed by atoms with Crippen molar-refractivity contribution >= 4 is 56.9 Å². The Bertz CT molecular complexity index is 439. The van der Waals surface area contributed by atoms with Crippen molar-refractivity contribution in [2.24, 2.45) is 11.8 Å². The van der Waals surface area contributed by atoms with Gasteiger partial charge in [-0.05, 0) is 37.2 Å². The zero-order chi connectivity index (χ0) is 23.3. The highest BCUT2D eigenvalue weighted by atomic mass is 127. The fourth-order valence-corrected chi connectivity index (χ4v) is 5.36. The van der Waals surface area contributed by atoms with Gasteiger partial charge in [-0.25, -0.2) is 0 Å². The van der Waals surface area contributed by atoms with Gasteiger partial charge in [-0.1, -0.05) is 59.0 Å².